The molecule has 0 bridgehead atoms. The lowest BCUT2D eigenvalue weighted by Gasteiger charge is -2.22. The van der Waals surface area contributed by atoms with Gasteiger partial charge in [-0.15, -0.1) is 15.9 Å². The van der Waals surface area contributed by atoms with E-state index in [4.69, 9.17) is 9.41 Å². The van der Waals surface area contributed by atoms with Crippen LogP contribution in [0, 0.1) is 28.7 Å². The van der Waals surface area contributed by atoms with Gasteiger partial charge in [0.15, 0.2) is 28.2 Å². The van der Waals surface area contributed by atoms with Crippen molar-refractivity contribution in [2.75, 3.05) is 11.1 Å². The summed E-state index contributed by atoms with van der Waals surface area (Å²) in [5, 5.41) is 4.56. The van der Waals surface area contributed by atoms with E-state index in [0.29, 0.717) is 33.1 Å². The highest BCUT2D eigenvalue weighted by atomic mass is 32.3. The molecule has 0 saturated carbocycles. The number of Topliss-reactive ketones (excluding diaryl/α,β-unsaturated/α-hetero) is 1. The van der Waals surface area contributed by atoms with Crippen LogP contribution >= 0.6 is 11.8 Å². The Morgan fingerprint density at radius 3 is 1.76 bits per heavy atom. The predicted molar refractivity (Wildman–Crippen MR) is 280 cm³/mol. The Morgan fingerprint density at radius 2 is 1.21 bits per heavy atom. The number of hydrogen-bond acceptors (Lipinski definition) is 9. The summed E-state index contributed by atoms with van der Waals surface area (Å²) in [6, 6.07) is 28.2. The fraction of sp³-hybridized carbons (Fsp3) is 0.321. The summed E-state index contributed by atoms with van der Waals surface area (Å²) >= 11 is 0.284. The number of anilines is 2. The first kappa shape index (κ1) is 54.0. The van der Waals surface area contributed by atoms with Gasteiger partial charge in [-0.25, -0.2) is 39.4 Å². The molecule has 1 heterocycles. The summed E-state index contributed by atoms with van der Waals surface area (Å²) in [6.07, 6.45) is -0.206. The van der Waals surface area contributed by atoms with Gasteiger partial charge in [-0.2, -0.15) is 0 Å². The second-order valence-corrected chi connectivity index (χ2v) is 24.7. The second-order valence-electron chi connectivity index (χ2n) is 20.1. The Balaban J connectivity index is 1.40. The molecule has 0 aromatic heterocycles. The number of halogens is 4. The van der Waals surface area contributed by atoms with Crippen LogP contribution in [0.2, 0.25) is 0 Å². The summed E-state index contributed by atoms with van der Waals surface area (Å²) < 4.78 is 127. The van der Waals surface area contributed by atoms with Gasteiger partial charge in [-0.3, -0.25) is 4.79 Å². The van der Waals surface area contributed by atoms with Gasteiger partial charge in [0.1, 0.15) is 17.1 Å². The molecule has 0 saturated heterocycles. The number of carbonyl (C=O) groups is 1. The summed E-state index contributed by atoms with van der Waals surface area (Å²) in [7, 11) is -11.3. The Labute approximate surface area is 424 Å². The minimum Gasteiger partial charge on any atom is -0.456 e. The van der Waals surface area contributed by atoms with Crippen LogP contribution in [0.15, 0.2) is 121 Å². The zero-order valence-corrected chi connectivity index (χ0v) is 44.5. The number of para-hydroxylation sites is 2. The molecule has 1 aliphatic heterocycles. The van der Waals surface area contributed by atoms with E-state index in [1.54, 1.807) is 51.1 Å². The topological polar surface area (TPSA) is 135 Å². The standard InChI is InChI=1S/C56H59F4N3O6S3/c1-30(2)36-17-14-18-37(31(3)4)52(36)61-34-22-24-40-43(28-34)69-44-29-35(62-53-38(32(5)6)19-15-20-39(53)33(7)8)23-25-41(44)47(40)42-16-12-13-21-45(42)71(65,66)63-72(67,68)55-50(59)48(57)54(49(58)51(55)60)70-27-26-46(64)56(9,10)11/h12-25,28-33,61,63H,26-27H2,1-11H3/b62-35+. The Morgan fingerprint density at radius 1 is 0.653 bits per heavy atom. The van der Waals surface area contributed by atoms with Gasteiger partial charge in [0.25, 0.3) is 20.0 Å². The van der Waals surface area contributed by atoms with Crippen molar-refractivity contribution < 1.29 is 43.6 Å². The molecule has 0 fully saturated rings. The third kappa shape index (κ3) is 10.9. The first-order chi connectivity index (χ1) is 33.7. The number of thioether (sulfide) groups is 1. The molecule has 16 heteroatoms. The molecule has 72 heavy (non-hydrogen) atoms. The van der Waals surface area contributed by atoms with Gasteiger partial charge in [0.2, 0.25) is 0 Å². The first-order valence-electron chi connectivity index (χ1n) is 23.7. The molecule has 1 aliphatic carbocycles. The minimum absolute atomic E-state index is 0.0363. The molecular formula is C56H59F4N3O6S3. The largest absolute Gasteiger partial charge is 0.456 e. The average Bonchev–Trinajstić information content (AvgIpc) is 3.30. The summed E-state index contributed by atoms with van der Waals surface area (Å²) in [6.45, 7) is 21.7. The van der Waals surface area contributed by atoms with E-state index in [2.05, 4.69) is 72.8 Å². The maximum absolute atomic E-state index is 15.7. The molecular weight excluding hydrogens is 983 g/mol. The SMILES string of the molecule is CC(C)c1cccc(C(C)C)c1/N=c1\ccc2c(-c3ccccc3S(=O)(=O)NS(=O)(=O)c3c(F)c(F)c(SCCC(=O)C(C)(C)C)c(F)c3F)c3ccc(Nc4c(C(C)C)cccc4C(C)C)cc3oc-2c1. The highest BCUT2D eigenvalue weighted by molar-refractivity contribution is 8.04. The number of ketones is 1. The van der Waals surface area contributed by atoms with Gasteiger partial charge < -0.3 is 9.73 Å². The Kier molecular flexibility index (Phi) is 15.7. The zero-order chi connectivity index (χ0) is 52.8. The van der Waals surface area contributed by atoms with Gasteiger partial charge in [-0.1, -0.05) is 131 Å². The minimum atomic E-state index is -5.91. The molecule has 7 rings (SSSR count). The maximum atomic E-state index is 15.7. The normalized spacial score (nSPS) is 12.9. The number of rotatable bonds is 16. The van der Waals surface area contributed by atoms with Crippen LogP contribution in [0.25, 0.3) is 33.4 Å². The summed E-state index contributed by atoms with van der Waals surface area (Å²) in [5.74, 6) is -8.44. The fourth-order valence-corrected chi connectivity index (χ4v) is 12.8. The molecule has 9 nitrogen and oxygen atoms in total. The van der Waals surface area contributed by atoms with E-state index in [9.17, 15) is 21.6 Å². The van der Waals surface area contributed by atoms with Crippen molar-refractivity contribution in [3.8, 4) is 22.5 Å². The number of nitrogens with one attached hydrogen (secondary N) is 2. The van der Waals surface area contributed by atoms with Crippen molar-refractivity contribution >= 4 is 65.6 Å². The van der Waals surface area contributed by atoms with Crippen molar-refractivity contribution in [3.05, 3.63) is 148 Å². The molecule has 0 amide bonds. The molecule has 5 aromatic carbocycles. The monoisotopic (exact) mass is 1040 g/mol. The van der Waals surface area contributed by atoms with Crippen LogP contribution in [-0.4, -0.2) is 28.4 Å². The summed E-state index contributed by atoms with van der Waals surface area (Å²) in [5.41, 5.74) is 6.85. The van der Waals surface area contributed by atoms with E-state index >= 15 is 17.6 Å². The molecule has 0 spiro atoms. The number of benzene rings is 6. The summed E-state index contributed by atoms with van der Waals surface area (Å²) in [4.78, 5) is 13.5. The Bertz CT molecular complexity index is 3430. The van der Waals surface area contributed by atoms with E-state index in [0.717, 1.165) is 39.7 Å². The van der Waals surface area contributed by atoms with Crippen molar-refractivity contribution in [1.29, 1.82) is 0 Å². The van der Waals surface area contributed by atoms with Crippen LogP contribution in [0.4, 0.5) is 34.6 Å². The Hall–Kier alpha value is -5.81. The van der Waals surface area contributed by atoms with Crippen molar-refractivity contribution in [2.24, 2.45) is 10.4 Å². The third-order valence-corrected chi connectivity index (χ3v) is 17.1. The average molecular weight is 1040 g/mol. The highest BCUT2D eigenvalue weighted by Crippen LogP contribution is 2.45. The number of fused-ring (bicyclic) bond motifs is 2. The lowest BCUT2D eigenvalue weighted by atomic mass is 9.89. The highest BCUT2D eigenvalue weighted by Gasteiger charge is 2.37. The van der Waals surface area contributed by atoms with Crippen molar-refractivity contribution in [3.63, 3.8) is 0 Å². The van der Waals surface area contributed by atoms with E-state index in [1.165, 1.54) is 22.3 Å². The van der Waals surface area contributed by atoms with Crippen LogP contribution in [0.5, 0.6) is 0 Å². The van der Waals surface area contributed by atoms with Crippen LogP contribution in [-0.2, 0) is 24.8 Å². The molecule has 380 valence electrons. The lowest BCUT2D eigenvalue weighted by Crippen LogP contribution is -2.33. The van der Waals surface area contributed by atoms with Gasteiger partial charge in [0, 0.05) is 63.2 Å². The van der Waals surface area contributed by atoms with Crippen molar-refractivity contribution in [1.82, 2.24) is 4.13 Å². The van der Waals surface area contributed by atoms with Gasteiger partial charge in [-0.05, 0) is 76.3 Å². The first-order valence-corrected chi connectivity index (χ1v) is 27.7. The third-order valence-electron chi connectivity index (χ3n) is 12.5. The molecule has 2 aliphatic rings. The smallest absolute Gasteiger partial charge is 0.259 e. The van der Waals surface area contributed by atoms with E-state index in [-0.39, 0.29) is 64.7 Å². The van der Waals surface area contributed by atoms with Gasteiger partial charge in [0.05, 0.1) is 20.8 Å². The maximum Gasteiger partial charge on any atom is 0.259 e. The number of hydrogen-bond donors (Lipinski definition) is 2. The van der Waals surface area contributed by atoms with E-state index < -0.39 is 63.4 Å². The second kappa shape index (κ2) is 21.0. The van der Waals surface area contributed by atoms with E-state index in [1.807, 2.05) is 30.3 Å². The molecule has 0 radical (unpaired) electrons. The quantitative estimate of drug-likeness (QED) is 0.0423. The van der Waals surface area contributed by atoms with Crippen molar-refractivity contribution in [2.45, 2.75) is 121 Å². The number of sulfonamides is 2. The predicted octanol–water partition coefficient (Wildman–Crippen LogP) is 15.0. The molecule has 0 unspecified atom stereocenters. The van der Waals surface area contributed by atoms with Crippen LogP contribution in [0.1, 0.15) is 129 Å². The fourth-order valence-electron chi connectivity index (χ4n) is 8.64. The van der Waals surface area contributed by atoms with Crippen LogP contribution < -0.4 is 14.8 Å². The van der Waals surface area contributed by atoms with Gasteiger partial charge >= 0.3 is 0 Å². The lowest BCUT2D eigenvalue weighted by molar-refractivity contribution is -0.125. The van der Waals surface area contributed by atoms with Crippen LogP contribution in [0.3, 0.4) is 0 Å². The molecule has 5 aromatic rings. The number of carbonyl (C=O) groups excluding carboxylic acids is 1. The zero-order valence-electron chi connectivity index (χ0n) is 42.1. The molecule has 0 atom stereocenters. The molecule has 2 N–H and O–H groups in total. The number of nitrogens with zero attached hydrogens (tertiary/aromatic N) is 1.